The van der Waals surface area contributed by atoms with Crippen LogP contribution in [-0.2, 0) is 38.7 Å². The summed E-state index contributed by atoms with van der Waals surface area (Å²) in [5.74, 6) is 0.465. The Kier molecular flexibility index (Phi) is 20.0. The lowest BCUT2D eigenvalue weighted by Crippen LogP contribution is -2.49. The van der Waals surface area contributed by atoms with Crippen LogP contribution in [-0.4, -0.2) is 53.1 Å². The molecular weight excluding hydrogens is 755 g/mol. The molecule has 1 atom stereocenters. The van der Waals surface area contributed by atoms with Gasteiger partial charge < -0.3 is 25.2 Å². The standard InChI is InChI=1S/C24H30ClN3O2.C12H15NO.C7H7Cl.C4H8O/c1-3-14-24(15-4-2)23(30)27(18-28(24)21-12-10-20(25)11-13-21)17-22(29)26-16-19-8-6-5-7-9-19;1-2-12(14)11-7-9-5-3-4-6-10(9)8-13-11;1-6-2-4-7(8)5-3-6;1-3-4(2)5/h5-13H,3-4,14-18H2,1-2H3,(H,26,29);3-6,11,13H,2,7-8H2,1H3;2-5H,1H3;3H2,1-2H3/t;11-;;/m.1../s1. The van der Waals surface area contributed by atoms with E-state index in [2.05, 4.69) is 41.5 Å². The van der Waals surface area contributed by atoms with E-state index in [9.17, 15) is 19.2 Å². The maximum absolute atomic E-state index is 13.5. The molecule has 2 amide bonds. The zero-order valence-corrected chi connectivity index (χ0v) is 36.0. The molecule has 2 aliphatic rings. The highest BCUT2D eigenvalue weighted by molar-refractivity contribution is 6.30. The average molecular weight is 816 g/mol. The van der Waals surface area contributed by atoms with Gasteiger partial charge in [0.15, 0.2) is 0 Å². The van der Waals surface area contributed by atoms with Gasteiger partial charge in [-0.05, 0) is 86.2 Å². The summed E-state index contributed by atoms with van der Waals surface area (Å²) in [5, 5.41) is 7.67. The second kappa shape index (κ2) is 24.3. The van der Waals surface area contributed by atoms with Gasteiger partial charge in [-0.25, -0.2) is 0 Å². The third kappa shape index (κ3) is 14.7. The summed E-state index contributed by atoms with van der Waals surface area (Å²) >= 11 is 11.7. The van der Waals surface area contributed by atoms with Gasteiger partial charge in [-0.15, -0.1) is 0 Å². The molecule has 57 heavy (non-hydrogen) atoms. The van der Waals surface area contributed by atoms with Gasteiger partial charge in [0.1, 0.15) is 23.7 Å². The summed E-state index contributed by atoms with van der Waals surface area (Å²) < 4.78 is 0. The highest BCUT2D eigenvalue weighted by atomic mass is 35.5. The number of anilines is 1. The van der Waals surface area contributed by atoms with Gasteiger partial charge >= 0.3 is 0 Å². The van der Waals surface area contributed by atoms with Gasteiger partial charge in [0, 0.05) is 41.7 Å². The summed E-state index contributed by atoms with van der Waals surface area (Å²) in [4.78, 5) is 51.3. The summed E-state index contributed by atoms with van der Waals surface area (Å²) in [5.41, 5.74) is 5.27. The molecule has 10 heteroatoms. The predicted molar refractivity (Wildman–Crippen MR) is 235 cm³/mol. The zero-order valence-electron chi connectivity index (χ0n) is 34.5. The number of halogens is 2. The van der Waals surface area contributed by atoms with E-state index in [1.165, 1.54) is 16.7 Å². The maximum atomic E-state index is 13.5. The van der Waals surface area contributed by atoms with E-state index < -0.39 is 5.54 Å². The number of Topliss-reactive ketones (excluding diaryl/α,β-unsaturated/α-hetero) is 2. The van der Waals surface area contributed by atoms with Crippen molar-refractivity contribution in [3.8, 4) is 0 Å². The first-order chi connectivity index (χ1) is 27.4. The first-order valence-electron chi connectivity index (χ1n) is 20.0. The van der Waals surface area contributed by atoms with Crippen LogP contribution in [0.15, 0.2) is 103 Å². The Labute approximate surface area is 350 Å². The lowest BCUT2D eigenvalue weighted by Gasteiger charge is -2.37. The number of ketones is 2. The van der Waals surface area contributed by atoms with Crippen molar-refractivity contribution in [2.45, 2.75) is 111 Å². The van der Waals surface area contributed by atoms with Crippen molar-refractivity contribution in [1.29, 1.82) is 0 Å². The highest BCUT2D eigenvalue weighted by Gasteiger charge is 2.51. The van der Waals surface area contributed by atoms with E-state index in [0.717, 1.165) is 54.9 Å². The van der Waals surface area contributed by atoms with E-state index in [4.69, 9.17) is 23.2 Å². The Balaban J connectivity index is 0.000000262. The van der Waals surface area contributed by atoms with Crippen LogP contribution >= 0.6 is 23.2 Å². The lowest BCUT2D eigenvalue weighted by molar-refractivity contribution is -0.136. The molecule has 4 aromatic rings. The van der Waals surface area contributed by atoms with Gasteiger partial charge in [0.2, 0.25) is 11.8 Å². The number of rotatable bonds is 12. The number of carbonyl (C=O) groups is 4. The molecule has 0 spiro atoms. The number of hydrogen-bond acceptors (Lipinski definition) is 6. The molecule has 306 valence electrons. The molecule has 2 N–H and O–H groups in total. The predicted octanol–water partition coefficient (Wildman–Crippen LogP) is 9.92. The van der Waals surface area contributed by atoms with Crippen molar-refractivity contribution in [2.75, 3.05) is 18.1 Å². The van der Waals surface area contributed by atoms with Crippen LogP contribution in [0, 0.1) is 6.92 Å². The van der Waals surface area contributed by atoms with Crippen molar-refractivity contribution in [2.24, 2.45) is 0 Å². The molecule has 0 bridgehead atoms. The Morgan fingerprint density at radius 1 is 0.772 bits per heavy atom. The summed E-state index contributed by atoms with van der Waals surface area (Å²) in [6.45, 7) is 13.3. The monoisotopic (exact) mass is 814 g/mol. The second-order valence-corrected chi connectivity index (χ2v) is 15.3. The normalized spacial score (nSPS) is 15.1. The lowest BCUT2D eigenvalue weighted by atomic mass is 9.86. The molecular formula is C47H60Cl2N4O4. The number of nitrogens with one attached hydrogen (secondary N) is 2. The molecule has 2 heterocycles. The van der Waals surface area contributed by atoms with Gasteiger partial charge in [0.05, 0.1) is 12.7 Å². The average Bonchev–Trinajstić information content (AvgIpc) is 3.48. The van der Waals surface area contributed by atoms with E-state index in [1.54, 1.807) is 11.8 Å². The van der Waals surface area contributed by atoms with Crippen LogP contribution in [0.1, 0.15) is 95.4 Å². The SMILES string of the molecule is CCC(=O)[C@H]1Cc2ccccc2CN1.CCC(C)=O.CCCC1(CCC)C(=O)N(CC(=O)NCc2ccccc2)CN1c1ccc(Cl)cc1.Cc1ccc(Cl)cc1. The number of hydrogen-bond donors (Lipinski definition) is 2. The molecule has 6 rings (SSSR count). The fourth-order valence-electron chi connectivity index (χ4n) is 6.77. The second-order valence-electron chi connectivity index (χ2n) is 14.4. The van der Waals surface area contributed by atoms with Gasteiger partial charge in [0.25, 0.3) is 0 Å². The number of fused-ring (bicyclic) bond motifs is 1. The quantitative estimate of drug-likeness (QED) is 0.148. The van der Waals surface area contributed by atoms with E-state index in [1.807, 2.05) is 112 Å². The van der Waals surface area contributed by atoms with Gasteiger partial charge in [-0.2, -0.15) is 0 Å². The molecule has 2 aliphatic heterocycles. The topological polar surface area (TPSA) is 98.8 Å². The third-order valence-corrected chi connectivity index (χ3v) is 10.5. The van der Waals surface area contributed by atoms with Crippen molar-refractivity contribution >= 4 is 52.3 Å². The molecule has 1 saturated heterocycles. The number of aryl methyl sites for hydroxylation is 1. The van der Waals surface area contributed by atoms with Crippen LogP contribution < -0.4 is 15.5 Å². The van der Waals surface area contributed by atoms with Crippen molar-refractivity contribution < 1.29 is 19.2 Å². The molecule has 0 unspecified atom stereocenters. The number of amides is 2. The fraction of sp³-hybridized carbons (Fsp3) is 0.404. The van der Waals surface area contributed by atoms with E-state index in [0.29, 0.717) is 36.9 Å². The van der Waals surface area contributed by atoms with Crippen molar-refractivity contribution in [3.05, 3.63) is 135 Å². The highest BCUT2D eigenvalue weighted by Crippen LogP contribution is 2.39. The van der Waals surface area contributed by atoms with E-state index in [-0.39, 0.29) is 30.2 Å². The van der Waals surface area contributed by atoms with Crippen molar-refractivity contribution in [3.63, 3.8) is 0 Å². The molecule has 0 radical (unpaired) electrons. The van der Waals surface area contributed by atoms with E-state index >= 15 is 0 Å². The first kappa shape index (κ1) is 46.9. The Hall–Kier alpha value is -4.50. The molecule has 0 aromatic heterocycles. The van der Waals surface area contributed by atoms with Gasteiger partial charge in [-0.3, -0.25) is 14.4 Å². The Bertz CT molecular complexity index is 1820. The molecule has 0 saturated carbocycles. The van der Waals surface area contributed by atoms with Crippen molar-refractivity contribution in [1.82, 2.24) is 15.5 Å². The number of benzene rings is 4. The van der Waals surface area contributed by atoms with Crippen LogP contribution in [0.25, 0.3) is 0 Å². The number of nitrogens with zero attached hydrogens (tertiary/aromatic N) is 2. The first-order valence-corrected chi connectivity index (χ1v) is 20.8. The van der Waals surface area contributed by atoms with Crippen LogP contribution in [0.5, 0.6) is 0 Å². The summed E-state index contributed by atoms with van der Waals surface area (Å²) in [7, 11) is 0. The van der Waals surface area contributed by atoms with Gasteiger partial charge in [-0.1, -0.05) is 136 Å². The van der Waals surface area contributed by atoms with Crippen LogP contribution in [0.3, 0.4) is 0 Å². The zero-order chi connectivity index (χ0) is 41.8. The van der Waals surface area contributed by atoms with Crippen LogP contribution in [0.2, 0.25) is 10.0 Å². The summed E-state index contributed by atoms with van der Waals surface area (Å²) in [6.07, 6.45) is 5.44. The third-order valence-electron chi connectivity index (χ3n) is 9.97. The molecule has 4 aromatic carbocycles. The summed E-state index contributed by atoms with van der Waals surface area (Å²) in [6, 6.07) is 33.5. The minimum Gasteiger partial charge on any atom is -0.350 e. The maximum Gasteiger partial charge on any atom is 0.250 e. The minimum atomic E-state index is -0.614. The number of carbonyl (C=O) groups excluding carboxylic acids is 4. The molecule has 8 nitrogen and oxygen atoms in total. The smallest absolute Gasteiger partial charge is 0.250 e. The molecule has 0 aliphatic carbocycles. The fourth-order valence-corrected chi connectivity index (χ4v) is 7.03. The Morgan fingerprint density at radius 2 is 1.32 bits per heavy atom. The Morgan fingerprint density at radius 3 is 1.84 bits per heavy atom. The van der Waals surface area contributed by atoms with Crippen LogP contribution in [0.4, 0.5) is 5.69 Å². The molecule has 1 fully saturated rings. The minimum absolute atomic E-state index is 0.0369. The largest absolute Gasteiger partial charge is 0.350 e.